The van der Waals surface area contributed by atoms with Gasteiger partial charge in [-0.15, -0.1) is 24.2 Å². The molecule has 0 saturated carbocycles. The van der Waals surface area contributed by atoms with E-state index >= 15 is 0 Å². The molecule has 130 valence electrons. The van der Waals surface area contributed by atoms with Gasteiger partial charge < -0.3 is 15.0 Å². The summed E-state index contributed by atoms with van der Waals surface area (Å²) in [5, 5.41) is 3.22. The molecule has 0 aromatic heterocycles. The van der Waals surface area contributed by atoms with Crippen LogP contribution in [0.1, 0.15) is 19.3 Å². The Morgan fingerprint density at radius 3 is 2.78 bits per heavy atom. The molecular weight excluding hydrogens is 332 g/mol. The molecule has 1 aliphatic heterocycles. The lowest BCUT2D eigenvalue weighted by molar-refractivity contribution is -0.132. The van der Waals surface area contributed by atoms with Crippen LogP contribution < -0.4 is 10.1 Å². The van der Waals surface area contributed by atoms with Crippen molar-refractivity contribution in [3.63, 3.8) is 0 Å². The van der Waals surface area contributed by atoms with E-state index in [-0.39, 0.29) is 12.4 Å². The Kier molecular flexibility index (Phi) is 9.44. The van der Waals surface area contributed by atoms with Crippen LogP contribution in [-0.4, -0.2) is 50.4 Å². The highest BCUT2D eigenvalue weighted by Crippen LogP contribution is 2.23. The van der Waals surface area contributed by atoms with E-state index in [1.165, 1.54) is 11.3 Å². The summed E-state index contributed by atoms with van der Waals surface area (Å²) in [6.45, 7) is 2.84. The molecule has 23 heavy (non-hydrogen) atoms. The van der Waals surface area contributed by atoms with Crippen LogP contribution in [0.15, 0.2) is 29.2 Å². The average molecular weight is 359 g/mol. The first-order valence-electron chi connectivity index (χ1n) is 7.92. The Balaban J connectivity index is 0.00000264. The summed E-state index contributed by atoms with van der Waals surface area (Å²) < 4.78 is 5.15. The number of nitrogens with one attached hydrogen (secondary N) is 1. The van der Waals surface area contributed by atoms with E-state index in [0.717, 1.165) is 37.6 Å². The van der Waals surface area contributed by atoms with Crippen LogP contribution in [0.5, 0.6) is 5.75 Å². The number of carbonyl (C=O) groups excluding carboxylic acids is 1. The third-order valence-corrected chi connectivity index (χ3v) is 5.02. The van der Waals surface area contributed by atoms with Crippen LogP contribution in [0.4, 0.5) is 0 Å². The van der Waals surface area contributed by atoms with Gasteiger partial charge in [-0.3, -0.25) is 4.79 Å². The van der Waals surface area contributed by atoms with Crippen LogP contribution in [0.2, 0.25) is 0 Å². The zero-order valence-corrected chi connectivity index (χ0v) is 15.5. The molecule has 0 spiro atoms. The highest BCUT2D eigenvalue weighted by atomic mass is 35.5. The molecule has 1 N–H and O–H groups in total. The highest BCUT2D eigenvalue weighted by molar-refractivity contribution is 7.99. The summed E-state index contributed by atoms with van der Waals surface area (Å²) in [7, 11) is 3.65. The lowest BCUT2D eigenvalue weighted by Crippen LogP contribution is -2.42. The third kappa shape index (κ3) is 6.61. The van der Waals surface area contributed by atoms with Crippen molar-refractivity contribution in [2.24, 2.45) is 5.92 Å². The van der Waals surface area contributed by atoms with E-state index in [1.807, 2.05) is 36.2 Å². The van der Waals surface area contributed by atoms with Crippen molar-refractivity contribution in [3.05, 3.63) is 24.3 Å². The molecular formula is C17H27ClN2O2S. The topological polar surface area (TPSA) is 41.6 Å². The maximum absolute atomic E-state index is 12.3. The third-order valence-electron chi connectivity index (χ3n) is 4.01. The summed E-state index contributed by atoms with van der Waals surface area (Å²) in [6, 6.07) is 7.99. The van der Waals surface area contributed by atoms with Gasteiger partial charge in [0.1, 0.15) is 5.75 Å². The van der Waals surface area contributed by atoms with E-state index in [4.69, 9.17) is 4.74 Å². The van der Waals surface area contributed by atoms with Gasteiger partial charge in [0.25, 0.3) is 0 Å². The molecule has 1 atom stereocenters. The van der Waals surface area contributed by atoms with Gasteiger partial charge in [-0.2, -0.15) is 0 Å². The van der Waals surface area contributed by atoms with Crippen molar-refractivity contribution in [3.8, 4) is 5.75 Å². The fraction of sp³-hybridized carbons (Fsp3) is 0.588. The number of carbonyl (C=O) groups is 1. The number of thioether (sulfide) groups is 1. The monoisotopic (exact) mass is 358 g/mol. The Morgan fingerprint density at radius 1 is 1.39 bits per heavy atom. The molecule has 4 nitrogen and oxygen atoms in total. The zero-order chi connectivity index (χ0) is 15.8. The van der Waals surface area contributed by atoms with E-state index in [2.05, 4.69) is 5.32 Å². The van der Waals surface area contributed by atoms with Gasteiger partial charge in [0.15, 0.2) is 0 Å². The predicted molar refractivity (Wildman–Crippen MR) is 98.8 cm³/mol. The first-order chi connectivity index (χ1) is 10.7. The van der Waals surface area contributed by atoms with Crippen molar-refractivity contribution in [1.29, 1.82) is 0 Å². The van der Waals surface area contributed by atoms with Crippen LogP contribution in [0.3, 0.4) is 0 Å². The number of methoxy groups -OCH3 is 1. The second kappa shape index (κ2) is 10.8. The summed E-state index contributed by atoms with van der Waals surface area (Å²) in [4.78, 5) is 15.5. The van der Waals surface area contributed by atoms with E-state index in [9.17, 15) is 4.79 Å². The zero-order valence-electron chi connectivity index (χ0n) is 13.9. The van der Waals surface area contributed by atoms with Gasteiger partial charge in [0.05, 0.1) is 7.11 Å². The number of rotatable bonds is 7. The van der Waals surface area contributed by atoms with Gasteiger partial charge in [-0.05, 0) is 56.6 Å². The average Bonchev–Trinajstić information content (AvgIpc) is 2.56. The molecule has 0 bridgehead atoms. The molecule has 1 amide bonds. The molecule has 1 aliphatic rings. The van der Waals surface area contributed by atoms with Crippen LogP contribution in [0.25, 0.3) is 0 Å². The number of hydrogen-bond acceptors (Lipinski definition) is 4. The van der Waals surface area contributed by atoms with Crippen LogP contribution in [-0.2, 0) is 4.79 Å². The predicted octanol–water partition coefficient (Wildman–Crippen LogP) is 3.06. The molecule has 0 aliphatic carbocycles. The largest absolute Gasteiger partial charge is 0.497 e. The van der Waals surface area contributed by atoms with Crippen LogP contribution in [0, 0.1) is 5.92 Å². The SMILES string of the molecule is CNCC1CCCN(C(=O)CCSc2ccc(OC)cc2)C1.Cl. The lowest BCUT2D eigenvalue weighted by atomic mass is 9.98. The van der Waals surface area contributed by atoms with Gasteiger partial charge in [-0.25, -0.2) is 0 Å². The minimum atomic E-state index is 0. The molecule has 1 aromatic rings. The molecule has 1 fully saturated rings. The van der Waals surface area contributed by atoms with Gasteiger partial charge in [-0.1, -0.05) is 0 Å². The van der Waals surface area contributed by atoms with Crippen molar-refractivity contribution >= 4 is 30.1 Å². The van der Waals surface area contributed by atoms with Gasteiger partial charge in [0.2, 0.25) is 5.91 Å². The smallest absolute Gasteiger partial charge is 0.223 e. The Hall–Kier alpha value is -0.910. The number of benzene rings is 1. The summed E-state index contributed by atoms with van der Waals surface area (Å²) in [5.74, 6) is 2.60. The number of amides is 1. The highest BCUT2D eigenvalue weighted by Gasteiger charge is 2.22. The maximum atomic E-state index is 12.3. The minimum Gasteiger partial charge on any atom is -0.497 e. The molecule has 6 heteroatoms. The second-order valence-corrected chi connectivity index (χ2v) is 6.85. The first kappa shape index (κ1) is 20.1. The Labute approximate surface area is 149 Å². The quantitative estimate of drug-likeness (QED) is 0.760. The summed E-state index contributed by atoms with van der Waals surface area (Å²) in [5.41, 5.74) is 0. The molecule has 2 rings (SSSR count). The molecule has 1 unspecified atom stereocenters. The van der Waals surface area contributed by atoms with Gasteiger partial charge >= 0.3 is 0 Å². The van der Waals surface area contributed by atoms with Crippen LogP contribution >= 0.6 is 24.2 Å². The van der Waals surface area contributed by atoms with Crippen molar-refractivity contribution in [2.75, 3.05) is 39.5 Å². The van der Waals surface area contributed by atoms with Crippen molar-refractivity contribution in [2.45, 2.75) is 24.2 Å². The Bertz CT molecular complexity index is 468. The van der Waals surface area contributed by atoms with Crippen molar-refractivity contribution < 1.29 is 9.53 Å². The normalized spacial score (nSPS) is 17.5. The fourth-order valence-electron chi connectivity index (χ4n) is 2.83. The van der Waals surface area contributed by atoms with Crippen molar-refractivity contribution in [1.82, 2.24) is 10.2 Å². The minimum absolute atomic E-state index is 0. The van der Waals surface area contributed by atoms with Gasteiger partial charge in [0, 0.05) is 30.2 Å². The molecule has 1 aromatic carbocycles. The number of piperidine rings is 1. The molecule has 0 radical (unpaired) electrons. The van der Waals surface area contributed by atoms with E-state index in [1.54, 1.807) is 18.9 Å². The van der Waals surface area contributed by atoms with E-state index in [0.29, 0.717) is 18.2 Å². The fourth-order valence-corrected chi connectivity index (χ4v) is 3.67. The lowest BCUT2D eigenvalue weighted by Gasteiger charge is -2.32. The second-order valence-electron chi connectivity index (χ2n) is 5.68. The summed E-state index contributed by atoms with van der Waals surface area (Å²) >= 11 is 1.73. The maximum Gasteiger partial charge on any atom is 0.223 e. The number of likely N-dealkylation sites (tertiary alicyclic amines) is 1. The van der Waals surface area contributed by atoms with E-state index < -0.39 is 0 Å². The molecule has 1 heterocycles. The number of nitrogens with zero attached hydrogens (tertiary/aromatic N) is 1. The Morgan fingerprint density at radius 2 is 2.13 bits per heavy atom. The summed E-state index contributed by atoms with van der Waals surface area (Å²) in [6.07, 6.45) is 2.97. The molecule has 1 saturated heterocycles. The standard InChI is InChI=1S/C17H26N2O2S.ClH/c1-18-12-14-4-3-10-19(13-14)17(20)9-11-22-16-7-5-15(21-2)6-8-16;/h5-8,14,18H,3-4,9-13H2,1-2H3;1H. The number of hydrogen-bond donors (Lipinski definition) is 1. The number of halogens is 1. The number of ether oxygens (including phenoxy) is 1. The first-order valence-corrected chi connectivity index (χ1v) is 8.90.